The monoisotopic (exact) mass is 461 g/mol. The van der Waals surface area contributed by atoms with E-state index in [-0.39, 0.29) is 6.54 Å². The van der Waals surface area contributed by atoms with Crippen molar-refractivity contribution in [3.8, 4) is 0 Å². The number of rotatable bonds is 4. The highest BCUT2D eigenvalue weighted by molar-refractivity contribution is 7.92. The zero-order chi connectivity index (χ0) is 21.9. The average Bonchev–Trinajstić information content (AvgIpc) is 2.94. The van der Waals surface area contributed by atoms with Crippen molar-refractivity contribution in [2.45, 2.75) is 23.5 Å². The molecule has 30 heavy (non-hydrogen) atoms. The summed E-state index contributed by atoms with van der Waals surface area (Å²) >= 11 is 5.89. The molecule has 0 aliphatic carbocycles. The van der Waals surface area contributed by atoms with Gasteiger partial charge in [-0.25, -0.2) is 13.4 Å². The van der Waals surface area contributed by atoms with Crippen LogP contribution in [0, 0.1) is 0 Å². The molecule has 0 bridgehead atoms. The Kier molecular flexibility index (Phi) is 6.68. The lowest BCUT2D eigenvalue weighted by Crippen LogP contribution is -2.36. The molecule has 162 valence electrons. The van der Waals surface area contributed by atoms with Gasteiger partial charge in [0, 0.05) is 43.9 Å². The SMILES string of the molecule is O=C(c1cccnc1S(=O)(=O)C(F)(F)F)N1CCCN(Cc2ccc(Cl)cc2)CC1. The fourth-order valence-electron chi connectivity index (χ4n) is 3.23. The zero-order valence-electron chi connectivity index (χ0n) is 15.8. The van der Waals surface area contributed by atoms with E-state index in [0.717, 1.165) is 17.8 Å². The van der Waals surface area contributed by atoms with Gasteiger partial charge in [-0.3, -0.25) is 9.69 Å². The van der Waals surface area contributed by atoms with Crippen LogP contribution in [0.4, 0.5) is 13.2 Å². The third-order valence-electron chi connectivity index (χ3n) is 4.76. The Bertz CT molecular complexity index is 1010. The number of carbonyl (C=O) groups is 1. The normalized spacial score (nSPS) is 16.3. The third kappa shape index (κ3) is 4.93. The van der Waals surface area contributed by atoms with Crippen LogP contribution >= 0.6 is 11.6 Å². The van der Waals surface area contributed by atoms with E-state index in [1.54, 1.807) is 12.1 Å². The van der Waals surface area contributed by atoms with Crippen molar-refractivity contribution >= 4 is 27.3 Å². The number of sulfone groups is 1. The van der Waals surface area contributed by atoms with Crippen LogP contribution in [0.15, 0.2) is 47.6 Å². The van der Waals surface area contributed by atoms with Gasteiger partial charge in [0.15, 0.2) is 5.03 Å². The molecular weight excluding hydrogens is 443 g/mol. The Balaban J connectivity index is 1.75. The number of aromatic nitrogens is 1. The first kappa shape index (κ1) is 22.5. The Labute approximate surface area is 177 Å². The molecule has 0 radical (unpaired) electrons. The molecular formula is C19H19ClF3N3O3S. The number of benzene rings is 1. The molecule has 1 aliphatic heterocycles. The molecule has 2 aromatic rings. The largest absolute Gasteiger partial charge is 0.503 e. The first-order chi connectivity index (χ1) is 14.1. The summed E-state index contributed by atoms with van der Waals surface area (Å²) in [7, 11) is -5.73. The Morgan fingerprint density at radius 3 is 2.43 bits per heavy atom. The number of alkyl halides is 3. The van der Waals surface area contributed by atoms with Gasteiger partial charge in [0.2, 0.25) is 0 Å². The maximum absolute atomic E-state index is 13.0. The van der Waals surface area contributed by atoms with Gasteiger partial charge in [-0.1, -0.05) is 23.7 Å². The summed E-state index contributed by atoms with van der Waals surface area (Å²) in [5.74, 6) is -0.778. The minimum absolute atomic E-state index is 0.257. The molecule has 0 N–H and O–H groups in total. The second-order valence-electron chi connectivity index (χ2n) is 6.85. The van der Waals surface area contributed by atoms with E-state index >= 15 is 0 Å². The van der Waals surface area contributed by atoms with Crippen molar-refractivity contribution in [2.75, 3.05) is 26.2 Å². The van der Waals surface area contributed by atoms with Crippen LogP contribution in [0.1, 0.15) is 22.3 Å². The predicted molar refractivity (Wildman–Crippen MR) is 105 cm³/mol. The van der Waals surface area contributed by atoms with Crippen LogP contribution in [0.5, 0.6) is 0 Å². The molecule has 2 heterocycles. The molecule has 0 atom stereocenters. The lowest BCUT2D eigenvalue weighted by Gasteiger charge is -2.23. The van der Waals surface area contributed by atoms with Crippen molar-refractivity contribution in [3.05, 3.63) is 58.7 Å². The van der Waals surface area contributed by atoms with Crippen molar-refractivity contribution in [2.24, 2.45) is 0 Å². The van der Waals surface area contributed by atoms with E-state index in [4.69, 9.17) is 11.6 Å². The van der Waals surface area contributed by atoms with Gasteiger partial charge in [0.05, 0.1) is 5.56 Å². The second kappa shape index (κ2) is 8.91. The summed E-state index contributed by atoms with van der Waals surface area (Å²) in [6.07, 6.45) is 1.52. The summed E-state index contributed by atoms with van der Waals surface area (Å²) < 4.78 is 62.6. The van der Waals surface area contributed by atoms with Crippen LogP contribution in [0.25, 0.3) is 0 Å². The summed E-state index contributed by atoms with van der Waals surface area (Å²) in [4.78, 5) is 19.7. The first-order valence-corrected chi connectivity index (χ1v) is 11.0. The van der Waals surface area contributed by atoms with E-state index in [1.165, 1.54) is 11.0 Å². The molecule has 1 aromatic heterocycles. The fraction of sp³-hybridized carbons (Fsp3) is 0.368. The van der Waals surface area contributed by atoms with Crippen LogP contribution in [-0.4, -0.2) is 60.8 Å². The van der Waals surface area contributed by atoms with Gasteiger partial charge in [-0.05, 0) is 36.2 Å². The number of carbonyl (C=O) groups excluding carboxylic acids is 1. The van der Waals surface area contributed by atoms with Crippen molar-refractivity contribution in [3.63, 3.8) is 0 Å². The van der Waals surface area contributed by atoms with E-state index < -0.39 is 31.8 Å². The predicted octanol–water partition coefficient (Wildman–Crippen LogP) is 3.38. The van der Waals surface area contributed by atoms with Crippen molar-refractivity contribution < 1.29 is 26.4 Å². The molecule has 0 unspecified atom stereocenters. The van der Waals surface area contributed by atoms with Crippen LogP contribution < -0.4 is 0 Å². The third-order valence-corrected chi connectivity index (χ3v) is 6.45. The van der Waals surface area contributed by atoms with Crippen LogP contribution in [0.2, 0.25) is 5.02 Å². The fourth-order valence-corrected chi connectivity index (χ4v) is 4.22. The van der Waals surface area contributed by atoms with Gasteiger partial charge in [0.1, 0.15) is 0 Å². The minimum atomic E-state index is -5.73. The van der Waals surface area contributed by atoms with Gasteiger partial charge in [0.25, 0.3) is 15.7 Å². The molecule has 3 rings (SSSR count). The summed E-state index contributed by atoms with van der Waals surface area (Å²) in [5, 5.41) is -0.628. The van der Waals surface area contributed by atoms with Crippen LogP contribution in [0.3, 0.4) is 0 Å². The number of nitrogens with zero attached hydrogens (tertiary/aromatic N) is 3. The van der Waals surface area contributed by atoms with Gasteiger partial charge >= 0.3 is 5.51 Å². The van der Waals surface area contributed by atoms with E-state index in [1.807, 2.05) is 12.1 Å². The zero-order valence-corrected chi connectivity index (χ0v) is 17.3. The summed E-state index contributed by atoms with van der Waals surface area (Å²) in [5.41, 5.74) is -5.06. The lowest BCUT2D eigenvalue weighted by molar-refractivity contribution is -0.0438. The molecule has 1 fully saturated rings. The Hall–Kier alpha value is -2.17. The highest BCUT2D eigenvalue weighted by Crippen LogP contribution is 2.31. The standard InChI is InChI=1S/C19H19ClF3N3O3S/c20-15-6-4-14(5-7-15)13-25-9-2-10-26(12-11-25)18(27)16-3-1-8-24-17(16)30(28,29)19(21,22)23/h1,3-8H,2,9-13H2. The summed E-state index contributed by atoms with van der Waals surface area (Å²) in [6, 6.07) is 9.68. The Morgan fingerprint density at radius 1 is 1.07 bits per heavy atom. The highest BCUT2D eigenvalue weighted by Gasteiger charge is 2.49. The molecule has 0 saturated carbocycles. The van der Waals surface area contributed by atoms with Gasteiger partial charge in [-0.2, -0.15) is 13.2 Å². The smallest absolute Gasteiger partial charge is 0.337 e. The summed E-state index contributed by atoms with van der Waals surface area (Å²) in [6.45, 7) is 2.38. The molecule has 1 saturated heterocycles. The minimum Gasteiger partial charge on any atom is -0.337 e. The highest BCUT2D eigenvalue weighted by atomic mass is 35.5. The molecule has 11 heteroatoms. The van der Waals surface area contributed by atoms with Gasteiger partial charge in [-0.15, -0.1) is 0 Å². The topological polar surface area (TPSA) is 70.6 Å². The van der Waals surface area contributed by atoms with Gasteiger partial charge < -0.3 is 4.90 Å². The van der Waals surface area contributed by atoms with Crippen LogP contribution in [-0.2, 0) is 16.4 Å². The number of hydrogen-bond acceptors (Lipinski definition) is 5. The average molecular weight is 462 g/mol. The Morgan fingerprint density at radius 2 is 1.77 bits per heavy atom. The number of hydrogen-bond donors (Lipinski definition) is 0. The van der Waals surface area contributed by atoms with E-state index in [0.29, 0.717) is 37.6 Å². The molecule has 0 spiro atoms. The molecule has 6 nitrogen and oxygen atoms in total. The quantitative estimate of drug-likeness (QED) is 0.698. The molecule has 1 amide bonds. The van der Waals surface area contributed by atoms with Crippen molar-refractivity contribution in [1.82, 2.24) is 14.8 Å². The molecule has 1 aromatic carbocycles. The van der Waals surface area contributed by atoms with Crippen molar-refractivity contribution in [1.29, 1.82) is 0 Å². The first-order valence-electron chi connectivity index (χ1n) is 9.12. The van der Waals surface area contributed by atoms with E-state index in [2.05, 4.69) is 9.88 Å². The number of pyridine rings is 1. The maximum Gasteiger partial charge on any atom is 0.503 e. The molecule has 1 aliphatic rings. The number of amides is 1. The van der Waals surface area contributed by atoms with E-state index in [9.17, 15) is 26.4 Å². The maximum atomic E-state index is 13.0. The second-order valence-corrected chi connectivity index (χ2v) is 9.15. The number of halogens is 4. The lowest BCUT2D eigenvalue weighted by atomic mass is 10.2.